The Bertz CT molecular complexity index is 1440. The molecule has 1 aromatic heterocycles. The molecule has 0 unspecified atom stereocenters. The SMILES string of the molecule is Cc1cc(C(=O)CCCc2ccc(S(=O)(=O)NC(=O)Nc3c(C(C)C)cc(C#N)cc3C(C)C)cc2)no1. The van der Waals surface area contributed by atoms with Crippen molar-refractivity contribution in [3.8, 4) is 6.07 Å². The number of nitriles is 1. The zero-order chi connectivity index (χ0) is 28.0. The normalized spacial score (nSPS) is 11.4. The molecule has 2 N–H and O–H groups in total. The van der Waals surface area contributed by atoms with E-state index in [1.807, 2.05) is 27.7 Å². The van der Waals surface area contributed by atoms with Gasteiger partial charge in [-0.2, -0.15) is 5.26 Å². The fourth-order valence-corrected chi connectivity index (χ4v) is 4.95. The number of hydrogen-bond acceptors (Lipinski definition) is 7. The second kappa shape index (κ2) is 12.0. The van der Waals surface area contributed by atoms with Crippen LogP contribution in [0.2, 0.25) is 0 Å². The quantitative estimate of drug-likeness (QED) is 0.311. The molecule has 2 aromatic carbocycles. The van der Waals surface area contributed by atoms with Gasteiger partial charge in [0.1, 0.15) is 11.5 Å². The largest absolute Gasteiger partial charge is 0.361 e. The van der Waals surface area contributed by atoms with E-state index in [1.165, 1.54) is 12.1 Å². The predicted octanol–water partition coefficient (Wildman–Crippen LogP) is 5.82. The summed E-state index contributed by atoms with van der Waals surface area (Å²) in [6.07, 6.45) is 1.43. The van der Waals surface area contributed by atoms with Gasteiger partial charge < -0.3 is 9.84 Å². The summed E-state index contributed by atoms with van der Waals surface area (Å²) < 4.78 is 32.7. The third kappa shape index (κ3) is 7.07. The summed E-state index contributed by atoms with van der Waals surface area (Å²) >= 11 is 0. The van der Waals surface area contributed by atoms with Gasteiger partial charge in [-0.3, -0.25) is 4.79 Å². The van der Waals surface area contributed by atoms with Crippen LogP contribution in [0.4, 0.5) is 10.5 Å². The number of rotatable bonds is 10. The molecule has 9 nitrogen and oxygen atoms in total. The van der Waals surface area contributed by atoms with Crippen molar-refractivity contribution in [2.45, 2.75) is 70.6 Å². The van der Waals surface area contributed by atoms with E-state index < -0.39 is 16.1 Å². The Kier molecular flexibility index (Phi) is 9.07. The zero-order valence-electron chi connectivity index (χ0n) is 22.2. The van der Waals surface area contributed by atoms with Crippen molar-refractivity contribution in [3.63, 3.8) is 0 Å². The minimum Gasteiger partial charge on any atom is -0.361 e. The van der Waals surface area contributed by atoms with Gasteiger partial charge in [-0.05, 0) is 72.6 Å². The molecule has 38 heavy (non-hydrogen) atoms. The maximum Gasteiger partial charge on any atom is 0.333 e. The number of carbonyl (C=O) groups is 2. The van der Waals surface area contributed by atoms with Crippen molar-refractivity contribution in [1.29, 1.82) is 5.26 Å². The van der Waals surface area contributed by atoms with E-state index in [1.54, 1.807) is 37.3 Å². The molecular weight excluding hydrogens is 504 g/mol. The fourth-order valence-electron chi connectivity index (χ4n) is 4.04. The molecule has 3 aromatic rings. The summed E-state index contributed by atoms with van der Waals surface area (Å²) in [5.41, 5.74) is 3.65. The number of aromatic nitrogens is 1. The van der Waals surface area contributed by atoms with Crippen LogP contribution in [-0.2, 0) is 16.4 Å². The van der Waals surface area contributed by atoms with Crippen LogP contribution in [0.15, 0.2) is 51.9 Å². The first-order valence-corrected chi connectivity index (χ1v) is 13.9. The Morgan fingerprint density at radius 2 is 1.63 bits per heavy atom. The number of Topliss-reactive ketones (excluding diaryl/α,β-unsaturated/α-hetero) is 1. The number of urea groups is 1. The summed E-state index contributed by atoms with van der Waals surface area (Å²) in [4.78, 5) is 24.9. The van der Waals surface area contributed by atoms with E-state index in [4.69, 9.17) is 4.52 Å². The average molecular weight is 537 g/mol. The Hall–Kier alpha value is -3.97. The lowest BCUT2D eigenvalue weighted by atomic mass is 9.90. The number of anilines is 1. The third-order valence-corrected chi connectivity index (χ3v) is 7.40. The Morgan fingerprint density at radius 1 is 1.03 bits per heavy atom. The minimum atomic E-state index is -4.13. The van der Waals surface area contributed by atoms with E-state index >= 15 is 0 Å². The Labute approximate surface area is 223 Å². The fraction of sp³-hybridized carbons (Fsp3) is 0.357. The Balaban J connectivity index is 1.66. The van der Waals surface area contributed by atoms with Crippen LogP contribution in [0.5, 0.6) is 0 Å². The highest BCUT2D eigenvalue weighted by atomic mass is 32.2. The number of nitrogens with one attached hydrogen (secondary N) is 2. The first-order valence-electron chi connectivity index (χ1n) is 12.4. The standard InChI is InChI=1S/C28H32N4O5S/c1-17(2)23-14-21(16-29)15-24(18(3)4)27(23)30-28(34)32-38(35,36)22-11-9-20(10-12-22)7-6-8-26(33)25-13-19(5)37-31-25/h9-15,17-18H,6-8H2,1-5H3,(H2,30,32,34). The molecule has 0 aliphatic rings. The van der Waals surface area contributed by atoms with Gasteiger partial charge in [0.15, 0.2) is 5.78 Å². The molecule has 10 heteroatoms. The van der Waals surface area contributed by atoms with Gasteiger partial charge >= 0.3 is 6.03 Å². The Morgan fingerprint density at radius 3 is 2.13 bits per heavy atom. The number of aryl methyl sites for hydroxylation is 2. The molecule has 0 atom stereocenters. The first kappa shape index (κ1) is 28.6. The lowest BCUT2D eigenvalue weighted by Crippen LogP contribution is -2.35. The summed E-state index contributed by atoms with van der Waals surface area (Å²) in [7, 11) is -4.13. The van der Waals surface area contributed by atoms with Crippen molar-refractivity contribution in [2.75, 3.05) is 5.32 Å². The molecule has 2 amide bonds. The van der Waals surface area contributed by atoms with Gasteiger partial charge in [-0.25, -0.2) is 17.9 Å². The number of hydrogen-bond donors (Lipinski definition) is 2. The lowest BCUT2D eigenvalue weighted by molar-refractivity contribution is 0.0971. The minimum absolute atomic E-state index is 0.00406. The van der Waals surface area contributed by atoms with Crippen LogP contribution in [0.1, 0.15) is 90.9 Å². The molecule has 0 radical (unpaired) electrons. The predicted molar refractivity (Wildman–Crippen MR) is 144 cm³/mol. The van der Waals surface area contributed by atoms with E-state index in [0.717, 1.165) is 16.7 Å². The van der Waals surface area contributed by atoms with Crippen molar-refractivity contribution in [1.82, 2.24) is 9.88 Å². The van der Waals surface area contributed by atoms with E-state index in [2.05, 4.69) is 21.3 Å². The molecule has 3 rings (SSSR count). The summed E-state index contributed by atoms with van der Waals surface area (Å²) in [6, 6.07) is 12.4. The van der Waals surface area contributed by atoms with Crippen LogP contribution in [0, 0.1) is 18.3 Å². The third-order valence-electron chi connectivity index (χ3n) is 6.05. The maximum atomic E-state index is 12.9. The van der Waals surface area contributed by atoms with Crippen molar-refractivity contribution < 1.29 is 22.5 Å². The van der Waals surface area contributed by atoms with Crippen molar-refractivity contribution in [2.24, 2.45) is 0 Å². The molecular formula is C28H32N4O5S. The molecule has 0 saturated heterocycles. The number of nitrogens with zero attached hydrogens (tertiary/aromatic N) is 2. The van der Waals surface area contributed by atoms with E-state index in [0.29, 0.717) is 42.0 Å². The van der Waals surface area contributed by atoms with Crippen LogP contribution in [-0.4, -0.2) is 25.4 Å². The van der Waals surface area contributed by atoms with Gasteiger partial charge in [0.05, 0.1) is 16.5 Å². The highest BCUT2D eigenvalue weighted by Gasteiger charge is 2.22. The molecule has 0 aliphatic carbocycles. The van der Waals surface area contributed by atoms with Crippen LogP contribution >= 0.6 is 0 Å². The van der Waals surface area contributed by atoms with Crippen LogP contribution in [0.25, 0.3) is 0 Å². The highest BCUT2D eigenvalue weighted by Crippen LogP contribution is 2.34. The second-order valence-electron chi connectivity index (χ2n) is 9.75. The molecule has 0 aliphatic heterocycles. The van der Waals surface area contributed by atoms with Crippen molar-refractivity contribution >= 4 is 27.5 Å². The van der Waals surface area contributed by atoms with Crippen molar-refractivity contribution in [3.05, 3.63) is 76.2 Å². The van der Waals surface area contributed by atoms with E-state index in [-0.39, 0.29) is 22.5 Å². The maximum absolute atomic E-state index is 12.9. The molecule has 1 heterocycles. The zero-order valence-corrected chi connectivity index (χ0v) is 23.0. The number of carbonyl (C=O) groups excluding carboxylic acids is 2. The van der Waals surface area contributed by atoms with Gasteiger partial charge in [-0.1, -0.05) is 45.0 Å². The van der Waals surface area contributed by atoms with Crippen LogP contribution in [0.3, 0.4) is 0 Å². The summed E-state index contributed by atoms with van der Waals surface area (Å²) in [5.74, 6) is 0.455. The second-order valence-corrected chi connectivity index (χ2v) is 11.4. The molecule has 0 bridgehead atoms. The molecule has 0 fully saturated rings. The summed E-state index contributed by atoms with van der Waals surface area (Å²) in [6.45, 7) is 9.47. The number of amides is 2. The lowest BCUT2D eigenvalue weighted by Gasteiger charge is -2.21. The molecule has 200 valence electrons. The number of ketones is 1. The summed E-state index contributed by atoms with van der Waals surface area (Å²) in [5, 5.41) is 15.8. The number of sulfonamides is 1. The average Bonchev–Trinajstić information content (AvgIpc) is 3.30. The van der Waals surface area contributed by atoms with E-state index in [9.17, 15) is 23.3 Å². The van der Waals surface area contributed by atoms with Gasteiger partial charge in [0, 0.05) is 18.2 Å². The monoisotopic (exact) mass is 536 g/mol. The van der Waals surface area contributed by atoms with Gasteiger partial charge in [0.2, 0.25) is 0 Å². The number of benzene rings is 2. The highest BCUT2D eigenvalue weighted by molar-refractivity contribution is 7.90. The molecule has 0 spiro atoms. The van der Waals surface area contributed by atoms with Gasteiger partial charge in [0.25, 0.3) is 10.0 Å². The molecule has 0 saturated carbocycles. The van der Waals surface area contributed by atoms with Gasteiger partial charge in [-0.15, -0.1) is 0 Å². The topological polar surface area (TPSA) is 142 Å². The van der Waals surface area contributed by atoms with Crippen LogP contribution < -0.4 is 10.0 Å². The first-order chi connectivity index (χ1) is 17.9. The smallest absolute Gasteiger partial charge is 0.333 e.